The van der Waals surface area contributed by atoms with E-state index < -0.39 is 0 Å². The Morgan fingerprint density at radius 1 is 1.19 bits per heavy atom. The third-order valence-corrected chi connectivity index (χ3v) is 4.92. The summed E-state index contributed by atoms with van der Waals surface area (Å²) in [4.78, 5) is 14.9. The molecule has 4 rings (SSSR count). The van der Waals surface area contributed by atoms with E-state index in [9.17, 15) is 0 Å². The van der Waals surface area contributed by atoms with Crippen LogP contribution in [0.5, 0.6) is 0 Å². The van der Waals surface area contributed by atoms with Crippen LogP contribution in [-0.2, 0) is 6.54 Å². The topological polar surface area (TPSA) is 80.0 Å². The molecule has 26 heavy (non-hydrogen) atoms. The van der Waals surface area contributed by atoms with Crippen LogP contribution in [-0.4, -0.2) is 15.0 Å². The number of nitrogens with two attached hydrogens (primary N) is 1. The first-order valence-electron chi connectivity index (χ1n) is 8.05. The maximum Gasteiger partial charge on any atom is 0.138 e. The van der Waals surface area contributed by atoms with Crippen LogP contribution in [0.3, 0.4) is 0 Å². The van der Waals surface area contributed by atoms with Crippen LogP contribution in [0.25, 0.3) is 0 Å². The van der Waals surface area contributed by atoms with Crippen LogP contribution in [0.4, 0.5) is 17.2 Å². The third kappa shape index (κ3) is 2.86. The van der Waals surface area contributed by atoms with Gasteiger partial charge in [0.15, 0.2) is 0 Å². The van der Waals surface area contributed by atoms with Crippen molar-refractivity contribution in [2.24, 2.45) is 5.73 Å². The monoisotopic (exact) mass is 386 g/mol. The van der Waals surface area contributed by atoms with Crippen molar-refractivity contribution in [1.29, 1.82) is 0 Å². The van der Waals surface area contributed by atoms with Gasteiger partial charge in [-0.2, -0.15) is 0 Å². The summed E-state index contributed by atoms with van der Waals surface area (Å²) in [6, 6.07) is 7.53. The number of rotatable bonds is 3. The Morgan fingerprint density at radius 2 is 1.96 bits per heavy atom. The van der Waals surface area contributed by atoms with Crippen LogP contribution in [0.2, 0.25) is 10.0 Å². The smallest absolute Gasteiger partial charge is 0.138 e. The minimum atomic E-state index is -0.324. The number of hydrogen-bond donors (Lipinski definition) is 2. The molecular formula is C18H16Cl2N6. The van der Waals surface area contributed by atoms with Crippen molar-refractivity contribution in [3.8, 4) is 0 Å². The minimum Gasteiger partial charge on any atom is -0.358 e. The normalized spacial score (nSPS) is 15.7. The van der Waals surface area contributed by atoms with E-state index >= 15 is 0 Å². The number of pyridine rings is 1. The van der Waals surface area contributed by atoms with Gasteiger partial charge < -0.3 is 11.1 Å². The Bertz CT molecular complexity index is 954. The van der Waals surface area contributed by atoms with E-state index in [-0.39, 0.29) is 6.17 Å². The molecule has 3 N–H and O–H groups in total. The van der Waals surface area contributed by atoms with Crippen LogP contribution in [0.1, 0.15) is 23.0 Å². The first-order valence-corrected chi connectivity index (χ1v) is 8.80. The summed E-state index contributed by atoms with van der Waals surface area (Å²) in [5, 5.41) is 4.54. The van der Waals surface area contributed by atoms with Crippen molar-refractivity contribution in [3.63, 3.8) is 0 Å². The second-order valence-corrected chi connectivity index (χ2v) is 6.82. The van der Waals surface area contributed by atoms with Gasteiger partial charge in [-0.05, 0) is 30.7 Å². The summed E-state index contributed by atoms with van der Waals surface area (Å²) in [5.41, 5.74) is 10.1. The average Bonchev–Trinajstić information content (AvgIpc) is 3.00. The van der Waals surface area contributed by atoms with E-state index in [0.717, 1.165) is 34.0 Å². The molecule has 3 heterocycles. The van der Waals surface area contributed by atoms with Gasteiger partial charge in [0.1, 0.15) is 18.3 Å². The number of aromatic nitrogens is 3. The van der Waals surface area contributed by atoms with Gasteiger partial charge in [-0.25, -0.2) is 9.97 Å². The Kier molecular flexibility index (Phi) is 4.40. The zero-order valence-corrected chi connectivity index (χ0v) is 15.5. The summed E-state index contributed by atoms with van der Waals surface area (Å²) in [7, 11) is 0. The van der Waals surface area contributed by atoms with Crippen molar-refractivity contribution in [1.82, 2.24) is 15.0 Å². The molecule has 0 aliphatic carbocycles. The number of anilines is 3. The van der Waals surface area contributed by atoms with E-state index in [1.807, 2.05) is 36.1 Å². The highest BCUT2D eigenvalue weighted by Gasteiger charge is 2.35. The molecule has 3 aromatic rings. The first kappa shape index (κ1) is 17.0. The SMILES string of the molecule is Cc1cc(N2c3ccncc3NC2c2c(Cl)cc(CN)cc2Cl)ncn1. The van der Waals surface area contributed by atoms with Crippen LogP contribution in [0.15, 0.2) is 43.0 Å². The van der Waals surface area contributed by atoms with Gasteiger partial charge in [0.2, 0.25) is 0 Å². The number of fused-ring (bicyclic) bond motifs is 1. The minimum absolute atomic E-state index is 0.324. The molecule has 132 valence electrons. The Morgan fingerprint density at radius 3 is 2.65 bits per heavy atom. The highest BCUT2D eigenvalue weighted by molar-refractivity contribution is 6.36. The first-order chi connectivity index (χ1) is 12.6. The van der Waals surface area contributed by atoms with Gasteiger partial charge >= 0.3 is 0 Å². The van der Waals surface area contributed by atoms with Gasteiger partial charge in [0.25, 0.3) is 0 Å². The summed E-state index contributed by atoms with van der Waals surface area (Å²) in [5.74, 6) is 0.745. The number of nitrogens with one attached hydrogen (secondary N) is 1. The van der Waals surface area contributed by atoms with Gasteiger partial charge in [-0.3, -0.25) is 9.88 Å². The van der Waals surface area contributed by atoms with E-state index in [0.29, 0.717) is 16.6 Å². The molecule has 0 saturated heterocycles. The summed E-state index contributed by atoms with van der Waals surface area (Å²) in [6.45, 7) is 2.30. The number of nitrogens with zero attached hydrogens (tertiary/aromatic N) is 4. The maximum atomic E-state index is 6.57. The maximum absolute atomic E-state index is 6.57. The van der Waals surface area contributed by atoms with E-state index in [4.69, 9.17) is 28.9 Å². The summed E-state index contributed by atoms with van der Waals surface area (Å²) < 4.78 is 0. The molecule has 0 fully saturated rings. The quantitative estimate of drug-likeness (QED) is 0.701. The highest BCUT2D eigenvalue weighted by atomic mass is 35.5. The van der Waals surface area contributed by atoms with Crippen molar-refractivity contribution >= 4 is 40.4 Å². The lowest BCUT2D eigenvalue weighted by Gasteiger charge is -2.28. The average molecular weight is 387 g/mol. The number of benzene rings is 1. The van der Waals surface area contributed by atoms with Gasteiger partial charge in [0, 0.05) is 40.1 Å². The van der Waals surface area contributed by atoms with Crippen molar-refractivity contribution < 1.29 is 0 Å². The molecule has 2 aromatic heterocycles. The lowest BCUT2D eigenvalue weighted by atomic mass is 10.1. The van der Waals surface area contributed by atoms with Crippen molar-refractivity contribution in [3.05, 3.63) is 69.9 Å². The molecule has 1 aliphatic heterocycles. The molecule has 0 saturated carbocycles. The largest absolute Gasteiger partial charge is 0.358 e. The lowest BCUT2D eigenvalue weighted by Crippen LogP contribution is -2.25. The fourth-order valence-corrected chi connectivity index (χ4v) is 3.84. The summed E-state index contributed by atoms with van der Waals surface area (Å²) >= 11 is 13.1. The van der Waals surface area contributed by atoms with E-state index in [1.165, 1.54) is 0 Å². The lowest BCUT2D eigenvalue weighted by molar-refractivity contribution is 0.809. The van der Waals surface area contributed by atoms with Crippen LogP contribution >= 0.6 is 23.2 Å². The predicted octanol–water partition coefficient (Wildman–Crippen LogP) is 4.21. The third-order valence-electron chi connectivity index (χ3n) is 4.29. The molecule has 0 amide bonds. The predicted molar refractivity (Wildman–Crippen MR) is 104 cm³/mol. The Hall–Kier alpha value is -2.41. The Balaban J connectivity index is 1.89. The molecule has 0 bridgehead atoms. The second-order valence-electron chi connectivity index (χ2n) is 6.00. The fourth-order valence-electron chi connectivity index (χ4n) is 3.10. The number of aryl methyl sites for hydroxylation is 1. The summed E-state index contributed by atoms with van der Waals surface area (Å²) in [6.07, 6.45) is 4.73. The Labute approximate surface area is 161 Å². The molecule has 8 heteroatoms. The molecule has 1 aliphatic rings. The molecular weight excluding hydrogens is 371 g/mol. The molecule has 6 nitrogen and oxygen atoms in total. The van der Waals surface area contributed by atoms with Crippen LogP contribution < -0.4 is 16.0 Å². The molecule has 1 unspecified atom stereocenters. The van der Waals surface area contributed by atoms with Gasteiger partial charge in [-0.15, -0.1) is 0 Å². The molecule has 0 radical (unpaired) electrons. The zero-order chi connectivity index (χ0) is 18.3. The van der Waals surface area contributed by atoms with Gasteiger partial charge in [0.05, 0.1) is 17.6 Å². The standard InChI is InChI=1S/C18H16Cl2N6/c1-10-4-16(24-9-23-10)26-15-2-3-22-8-14(15)25-18(26)17-12(19)5-11(7-21)6-13(17)20/h2-6,8-9,18,25H,7,21H2,1H3. The second kappa shape index (κ2) is 6.72. The number of halogens is 2. The zero-order valence-electron chi connectivity index (χ0n) is 13.9. The van der Waals surface area contributed by atoms with Crippen molar-refractivity contribution in [2.45, 2.75) is 19.6 Å². The van der Waals surface area contributed by atoms with Crippen molar-refractivity contribution in [2.75, 3.05) is 10.2 Å². The highest BCUT2D eigenvalue weighted by Crippen LogP contribution is 2.47. The van der Waals surface area contributed by atoms with E-state index in [1.54, 1.807) is 18.7 Å². The molecule has 0 spiro atoms. The fraction of sp³-hybridized carbons (Fsp3) is 0.167. The van der Waals surface area contributed by atoms with E-state index in [2.05, 4.69) is 20.3 Å². The molecule has 1 aromatic carbocycles. The van der Waals surface area contributed by atoms with Crippen LogP contribution in [0, 0.1) is 6.92 Å². The number of hydrogen-bond acceptors (Lipinski definition) is 6. The molecule has 1 atom stereocenters. The van der Waals surface area contributed by atoms with Gasteiger partial charge in [-0.1, -0.05) is 23.2 Å².